The van der Waals surface area contributed by atoms with E-state index in [1.807, 2.05) is 0 Å². The smallest absolute Gasteiger partial charge is 0.344 e. The molecular formula is C18H18N4O5. The number of urea groups is 1. The van der Waals surface area contributed by atoms with Gasteiger partial charge in [-0.15, -0.1) is 0 Å². The van der Waals surface area contributed by atoms with Crippen LogP contribution in [0.15, 0.2) is 53.3 Å². The van der Waals surface area contributed by atoms with Crippen LogP contribution in [0, 0.1) is 0 Å². The minimum atomic E-state index is -1.30. The first kappa shape index (κ1) is 18.2. The molecule has 0 bridgehead atoms. The van der Waals surface area contributed by atoms with Gasteiger partial charge in [-0.05, 0) is 25.5 Å². The number of hydrazine groups is 1. The molecule has 0 saturated carbocycles. The summed E-state index contributed by atoms with van der Waals surface area (Å²) in [6.07, 6.45) is 2.57. The number of furan rings is 1. The van der Waals surface area contributed by atoms with E-state index < -0.39 is 35.3 Å². The minimum Gasteiger partial charge on any atom is -0.472 e. The van der Waals surface area contributed by atoms with E-state index in [9.17, 15) is 19.2 Å². The number of imide groups is 1. The maximum atomic E-state index is 12.7. The van der Waals surface area contributed by atoms with E-state index >= 15 is 0 Å². The largest absolute Gasteiger partial charge is 0.472 e. The SMILES string of the molecule is C[C@H](NC(=O)c1ccoc1)C(=O)NN1C(=O)N[C@](C)(c2ccccc2)C1=O. The Kier molecular flexibility index (Phi) is 4.68. The van der Waals surface area contributed by atoms with E-state index in [0.717, 1.165) is 0 Å². The Bertz CT molecular complexity index is 880. The molecule has 27 heavy (non-hydrogen) atoms. The van der Waals surface area contributed by atoms with Crippen molar-refractivity contribution >= 4 is 23.8 Å². The van der Waals surface area contributed by atoms with Crippen molar-refractivity contribution in [2.75, 3.05) is 0 Å². The highest BCUT2D eigenvalue weighted by molar-refractivity contribution is 6.08. The van der Waals surface area contributed by atoms with Gasteiger partial charge in [0.2, 0.25) is 0 Å². The van der Waals surface area contributed by atoms with Gasteiger partial charge in [0, 0.05) is 0 Å². The van der Waals surface area contributed by atoms with Crippen LogP contribution in [-0.2, 0) is 15.1 Å². The van der Waals surface area contributed by atoms with Crippen LogP contribution >= 0.6 is 0 Å². The molecule has 3 rings (SSSR count). The fourth-order valence-corrected chi connectivity index (χ4v) is 2.65. The van der Waals surface area contributed by atoms with Gasteiger partial charge in [-0.1, -0.05) is 30.3 Å². The molecule has 0 spiro atoms. The average molecular weight is 370 g/mol. The molecule has 2 aromatic rings. The third kappa shape index (κ3) is 3.39. The van der Waals surface area contributed by atoms with Crippen molar-refractivity contribution in [1.82, 2.24) is 21.1 Å². The van der Waals surface area contributed by atoms with E-state index in [1.165, 1.54) is 25.5 Å². The fourth-order valence-electron chi connectivity index (χ4n) is 2.65. The molecule has 0 aliphatic carbocycles. The average Bonchev–Trinajstić information content (AvgIpc) is 3.26. The second-order valence-electron chi connectivity index (χ2n) is 6.24. The summed E-state index contributed by atoms with van der Waals surface area (Å²) in [5, 5.41) is 5.66. The number of nitrogens with zero attached hydrogens (tertiary/aromatic N) is 1. The summed E-state index contributed by atoms with van der Waals surface area (Å²) in [6.45, 7) is 2.99. The van der Waals surface area contributed by atoms with Gasteiger partial charge in [-0.25, -0.2) is 4.79 Å². The normalized spacial score (nSPS) is 20.1. The molecule has 1 saturated heterocycles. The summed E-state index contributed by atoms with van der Waals surface area (Å²) >= 11 is 0. The van der Waals surface area contributed by atoms with Crippen molar-refractivity contribution in [2.45, 2.75) is 25.4 Å². The van der Waals surface area contributed by atoms with Gasteiger partial charge < -0.3 is 15.1 Å². The zero-order valence-electron chi connectivity index (χ0n) is 14.7. The molecule has 1 fully saturated rings. The third-order valence-corrected chi connectivity index (χ3v) is 4.29. The highest BCUT2D eigenvalue weighted by Crippen LogP contribution is 2.27. The van der Waals surface area contributed by atoms with Crippen molar-refractivity contribution < 1.29 is 23.6 Å². The summed E-state index contributed by atoms with van der Waals surface area (Å²) in [4.78, 5) is 49.2. The van der Waals surface area contributed by atoms with Crippen LogP contribution in [0.25, 0.3) is 0 Å². The zero-order valence-corrected chi connectivity index (χ0v) is 14.7. The highest BCUT2D eigenvalue weighted by atomic mass is 16.3. The zero-order chi connectivity index (χ0) is 19.6. The van der Waals surface area contributed by atoms with Crippen molar-refractivity contribution in [2.24, 2.45) is 0 Å². The Morgan fingerprint density at radius 3 is 2.52 bits per heavy atom. The maximum absolute atomic E-state index is 12.7. The Morgan fingerprint density at radius 2 is 1.89 bits per heavy atom. The number of hydrogen-bond acceptors (Lipinski definition) is 5. The molecule has 0 radical (unpaired) electrons. The predicted octanol–water partition coefficient (Wildman–Crippen LogP) is 0.896. The van der Waals surface area contributed by atoms with Gasteiger partial charge >= 0.3 is 6.03 Å². The molecule has 2 heterocycles. The Morgan fingerprint density at radius 1 is 1.19 bits per heavy atom. The van der Waals surface area contributed by atoms with Crippen LogP contribution < -0.4 is 16.1 Å². The number of rotatable bonds is 5. The first-order valence-electron chi connectivity index (χ1n) is 8.18. The third-order valence-electron chi connectivity index (χ3n) is 4.29. The number of nitrogens with one attached hydrogen (secondary N) is 3. The van der Waals surface area contributed by atoms with Gasteiger partial charge in [-0.3, -0.25) is 19.8 Å². The molecule has 1 aliphatic heterocycles. The van der Waals surface area contributed by atoms with E-state index in [1.54, 1.807) is 37.3 Å². The molecule has 1 aromatic heterocycles. The molecule has 9 nitrogen and oxygen atoms in total. The van der Waals surface area contributed by atoms with Gasteiger partial charge in [0.05, 0.1) is 11.8 Å². The highest BCUT2D eigenvalue weighted by Gasteiger charge is 2.50. The summed E-state index contributed by atoms with van der Waals surface area (Å²) in [7, 11) is 0. The molecule has 1 aliphatic rings. The Balaban J connectivity index is 1.68. The maximum Gasteiger partial charge on any atom is 0.344 e. The topological polar surface area (TPSA) is 121 Å². The van der Waals surface area contributed by atoms with Gasteiger partial charge in [0.1, 0.15) is 17.8 Å². The fraction of sp³-hybridized carbons (Fsp3) is 0.222. The van der Waals surface area contributed by atoms with Crippen LogP contribution in [-0.4, -0.2) is 34.8 Å². The van der Waals surface area contributed by atoms with Crippen LogP contribution in [0.4, 0.5) is 4.79 Å². The van der Waals surface area contributed by atoms with Crippen molar-refractivity contribution in [3.8, 4) is 0 Å². The first-order chi connectivity index (χ1) is 12.8. The summed E-state index contributed by atoms with van der Waals surface area (Å²) < 4.78 is 4.81. The summed E-state index contributed by atoms with van der Waals surface area (Å²) in [5.41, 5.74) is 1.79. The molecule has 2 atom stereocenters. The standard InChI is InChI=1S/C18H18N4O5/c1-11(19-15(24)12-8-9-27-10-12)14(23)21-22-16(25)18(2,20-17(22)26)13-6-4-3-5-7-13/h3-11H,1-2H3,(H,19,24)(H,20,26)(H,21,23)/t11-,18+/m0/s1. The number of hydrogen-bond donors (Lipinski definition) is 3. The molecule has 5 amide bonds. The molecule has 3 N–H and O–H groups in total. The van der Waals surface area contributed by atoms with Crippen LogP contribution in [0.1, 0.15) is 29.8 Å². The summed E-state index contributed by atoms with van der Waals surface area (Å²) in [6, 6.07) is 8.39. The van der Waals surface area contributed by atoms with Crippen molar-refractivity contribution in [3.05, 3.63) is 60.1 Å². The Labute approximate surface area is 154 Å². The van der Waals surface area contributed by atoms with Crippen molar-refractivity contribution in [1.29, 1.82) is 0 Å². The first-order valence-corrected chi connectivity index (χ1v) is 8.18. The van der Waals surface area contributed by atoms with Crippen LogP contribution in [0.5, 0.6) is 0 Å². The number of carbonyl (C=O) groups is 4. The van der Waals surface area contributed by atoms with Crippen molar-refractivity contribution in [3.63, 3.8) is 0 Å². The summed E-state index contributed by atoms with van der Waals surface area (Å²) in [5.74, 6) is -1.86. The molecule has 9 heteroatoms. The lowest BCUT2D eigenvalue weighted by molar-refractivity contribution is -0.139. The molecule has 0 unspecified atom stereocenters. The van der Waals surface area contributed by atoms with E-state index in [0.29, 0.717) is 10.6 Å². The molecule has 140 valence electrons. The van der Waals surface area contributed by atoms with Gasteiger partial charge in [0.15, 0.2) is 0 Å². The molecule has 1 aromatic carbocycles. The second kappa shape index (κ2) is 6.94. The van der Waals surface area contributed by atoms with Gasteiger partial charge in [0.25, 0.3) is 17.7 Å². The Hall–Kier alpha value is -3.62. The van der Waals surface area contributed by atoms with Crippen LogP contribution in [0.3, 0.4) is 0 Å². The lowest BCUT2D eigenvalue weighted by atomic mass is 9.92. The quantitative estimate of drug-likeness (QED) is 0.675. The predicted molar refractivity (Wildman–Crippen MR) is 93.0 cm³/mol. The molecular weight excluding hydrogens is 352 g/mol. The van der Waals surface area contributed by atoms with Gasteiger partial charge in [-0.2, -0.15) is 5.01 Å². The lowest BCUT2D eigenvalue weighted by Gasteiger charge is -2.22. The number of benzene rings is 1. The van der Waals surface area contributed by atoms with Crippen LogP contribution in [0.2, 0.25) is 0 Å². The van der Waals surface area contributed by atoms with E-state index in [4.69, 9.17) is 4.42 Å². The minimum absolute atomic E-state index is 0.251. The second-order valence-corrected chi connectivity index (χ2v) is 6.24. The lowest BCUT2D eigenvalue weighted by Crippen LogP contribution is -2.54. The number of carbonyl (C=O) groups excluding carboxylic acids is 4. The number of amides is 5. The van der Waals surface area contributed by atoms with E-state index in [2.05, 4.69) is 16.1 Å². The van der Waals surface area contributed by atoms with E-state index in [-0.39, 0.29) is 5.56 Å². The monoisotopic (exact) mass is 370 g/mol.